The van der Waals surface area contributed by atoms with Crippen molar-refractivity contribution in [2.75, 3.05) is 0 Å². The van der Waals surface area contributed by atoms with E-state index in [-0.39, 0.29) is 17.1 Å². The van der Waals surface area contributed by atoms with E-state index in [1.54, 1.807) is 31.2 Å². The third kappa shape index (κ3) is 6.46. The molecule has 0 bridgehead atoms. The van der Waals surface area contributed by atoms with Gasteiger partial charge < -0.3 is 5.32 Å². The summed E-state index contributed by atoms with van der Waals surface area (Å²) in [6, 6.07) is 19.7. The maximum absolute atomic E-state index is 13.2. The van der Waals surface area contributed by atoms with Gasteiger partial charge in [0.1, 0.15) is 11.9 Å². The van der Waals surface area contributed by atoms with Crippen LogP contribution < -0.4 is 10.0 Å². The molecule has 0 aromatic heterocycles. The molecule has 0 spiro atoms. The zero-order valence-electron chi connectivity index (χ0n) is 16.8. The van der Waals surface area contributed by atoms with E-state index in [0.717, 1.165) is 10.0 Å². The molecule has 162 valence electrons. The molecule has 3 rings (SSSR count). The maximum Gasteiger partial charge on any atom is 0.241 e. The van der Waals surface area contributed by atoms with Crippen LogP contribution in [0.4, 0.5) is 4.39 Å². The van der Waals surface area contributed by atoms with Crippen LogP contribution in [0.25, 0.3) is 0 Å². The number of sulfonamides is 1. The van der Waals surface area contributed by atoms with E-state index >= 15 is 0 Å². The quantitative estimate of drug-likeness (QED) is 0.478. The zero-order chi connectivity index (χ0) is 22.4. The topological polar surface area (TPSA) is 75.3 Å². The number of hydrogen-bond acceptors (Lipinski definition) is 3. The second-order valence-electron chi connectivity index (χ2n) is 7.10. The molecule has 8 heteroatoms. The van der Waals surface area contributed by atoms with Crippen molar-refractivity contribution in [1.29, 1.82) is 0 Å². The highest BCUT2D eigenvalue weighted by molar-refractivity contribution is 9.10. The molecule has 2 unspecified atom stereocenters. The second kappa shape index (κ2) is 10.2. The monoisotopic (exact) mass is 504 g/mol. The van der Waals surface area contributed by atoms with E-state index in [1.807, 2.05) is 30.3 Å². The summed E-state index contributed by atoms with van der Waals surface area (Å²) < 4.78 is 42.3. The Kier molecular flexibility index (Phi) is 7.59. The number of hydrogen-bond donors (Lipinski definition) is 2. The lowest BCUT2D eigenvalue weighted by molar-refractivity contribution is -0.123. The van der Waals surface area contributed by atoms with Gasteiger partial charge in [0.15, 0.2) is 0 Å². The Balaban J connectivity index is 1.82. The average Bonchev–Trinajstić information content (AvgIpc) is 2.74. The van der Waals surface area contributed by atoms with Gasteiger partial charge in [0.2, 0.25) is 15.9 Å². The van der Waals surface area contributed by atoms with Crippen molar-refractivity contribution in [2.45, 2.75) is 30.3 Å². The van der Waals surface area contributed by atoms with Crippen molar-refractivity contribution in [3.63, 3.8) is 0 Å². The second-order valence-corrected chi connectivity index (χ2v) is 9.73. The molecular weight excluding hydrogens is 483 g/mol. The highest BCUT2D eigenvalue weighted by atomic mass is 79.9. The standard InChI is InChI=1S/C23H22BrFN2O3S/c1-16(18-7-11-20(25)12-8-18)26-23(28)22(15-17-5-3-2-4-6-17)27-31(29,30)21-13-9-19(24)10-14-21/h2-14,16,22,27H,15H2,1H3,(H,26,28). The predicted molar refractivity (Wildman–Crippen MR) is 121 cm³/mol. The summed E-state index contributed by atoms with van der Waals surface area (Å²) in [5.74, 6) is -0.840. The SMILES string of the molecule is CC(NC(=O)C(Cc1ccccc1)NS(=O)(=O)c1ccc(Br)cc1)c1ccc(F)cc1. The van der Waals surface area contributed by atoms with Crippen molar-refractivity contribution in [1.82, 2.24) is 10.0 Å². The molecule has 31 heavy (non-hydrogen) atoms. The van der Waals surface area contributed by atoms with Crippen molar-refractivity contribution >= 4 is 31.9 Å². The van der Waals surface area contributed by atoms with Crippen LogP contribution in [0.1, 0.15) is 24.1 Å². The third-order valence-electron chi connectivity index (χ3n) is 4.75. The molecule has 0 heterocycles. The Hall–Kier alpha value is -2.55. The minimum absolute atomic E-state index is 0.0631. The zero-order valence-corrected chi connectivity index (χ0v) is 19.2. The largest absolute Gasteiger partial charge is 0.348 e. The normalized spacial score (nSPS) is 13.4. The molecule has 0 radical (unpaired) electrons. The first-order valence-corrected chi connectivity index (χ1v) is 11.9. The lowest BCUT2D eigenvalue weighted by atomic mass is 10.0. The van der Waals surface area contributed by atoms with Gasteiger partial charge in [-0.05, 0) is 60.9 Å². The molecule has 0 saturated carbocycles. The molecule has 3 aromatic carbocycles. The number of amides is 1. The minimum atomic E-state index is -3.93. The molecule has 0 saturated heterocycles. The number of carbonyl (C=O) groups is 1. The fourth-order valence-electron chi connectivity index (χ4n) is 3.06. The van der Waals surface area contributed by atoms with Crippen LogP contribution in [-0.4, -0.2) is 20.4 Å². The number of benzene rings is 3. The number of nitrogens with one attached hydrogen (secondary N) is 2. The molecule has 5 nitrogen and oxygen atoms in total. The summed E-state index contributed by atoms with van der Waals surface area (Å²) in [7, 11) is -3.93. The summed E-state index contributed by atoms with van der Waals surface area (Å²) in [5, 5.41) is 2.82. The van der Waals surface area contributed by atoms with Crippen LogP contribution >= 0.6 is 15.9 Å². The average molecular weight is 505 g/mol. The summed E-state index contributed by atoms with van der Waals surface area (Å²) in [6.45, 7) is 1.76. The highest BCUT2D eigenvalue weighted by Crippen LogP contribution is 2.17. The smallest absolute Gasteiger partial charge is 0.241 e. The summed E-state index contributed by atoms with van der Waals surface area (Å²) >= 11 is 3.28. The predicted octanol–water partition coefficient (Wildman–Crippen LogP) is 4.36. The summed E-state index contributed by atoms with van der Waals surface area (Å²) in [6.07, 6.45) is 0.179. The van der Waals surface area contributed by atoms with E-state index in [1.165, 1.54) is 24.3 Å². The molecule has 1 amide bonds. The number of halogens is 2. The molecule has 0 fully saturated rings. The first kappa shape index (κ1) is 23.1. The maximum atomic E-state index is 13.2. The third-order valence-corrected chi connectivity index (χ3v) is 6.77. The van der Waals surface area contributed by atoms with Gasteiger partial charge >= 0.3 is 0 Å². The molecule has 0 aliphatic heterocycles. The molecule has 2 atom stereocenters. The van der Waals surface area contributed by atoms with Crippen molar-refractivity contribution < 1.29 is 17.6 Å². The summed E-state index contributed by atoms with van der Waals surface area (Å²) in [4.78, 5) is 13.1. The lowest BCUT2D eigenvalue weighted by Crippen LogP contribution is -2.48. The van der Waals surface area contributed by atoms with Gasteiger partial charge in [-0.3, -0.25) is 4.79 Å². The van der Waals surface area contributed by atoms with Crippen LogP contribution in [0.5, 0.6) is 0 Å². The van der Waals surface area contributed by atoms with Gasteiger partial charge in [-0.2, -0.15) is 4.72 Å². The van der Waals surface area contributed by atoms with Crippen molar-refractivity contribution in [3.05, 3.63) is 100 Å². The van der Waals surface area contributed by atoms with E-state index in [4.69, 9.17) is 0 Å². The highest BCUT2D eigenvalue weighted by Gasteiger charge is 2.27. The van der Waals surface area contributed by atoms with Crippen LogP contribution in [-0.2, 0) is 21.2 Å². The first-order chi connectivity index (χ1) is 14.7. The van der Waals surface area contributed by atoms with E-state index in [9.17, 15) is 17.6 Å². The van der Waals surface area contributed by atoms with Gasteiger partial charge in [-0.1, -0.05) is 58.4 Å². The fourth-order valence-corrected chi connectivity index (χ4v) is 4.52. The van der Waals surface area contributed by atoms with Gasteiger partial charge in [-0.15, -0.1) is 0 Å². The Morgan fingerprint density at radius 3 is 2.19 bits per heavy atom. The number of carbonyl (C=O) groups excluding carboxylic acids is 1. The van der Waals surface area contributed by atoms with Crippen LogP contribution in [0.15, 0.2) is 88.2 Å². The van der Waals surface area contributed by atoms with E-state index in [0.29, 0.717) is 5.56 Å². The Morgan fingerprint density at radius 1 is 0.968 bits per heavy atom. The molecule has 3 aromatic rings. The molecular formula is C23H22BrFN2O3S. The number of rotatable bonds is 8. The van der Waals surface area contributed by atoms with Crippen molar-refractivity contribution in [3.8, 4) is 0 Å². The van der Waals surface area contributed by atoms with Crippen LogP contribution in [0.3, 0.4) is 0 Å². The Labute approximate surface area is 189 Å². The Morgan fingerprint density at radius 2 is 1.58 bits per heavy atom. The van der Waals surface area contributed by atoms with Gasteiger partial charge in [0.25, 0.3) is 0 Å². The summed E-state index contributed by atoms with van der Waals surface area (Å²) in [5.41, 5.74) is 1.53. The van der Waals surface area contributed by atoms with Crippen LogP contribution in [0.2, 0.25) is 0 Å². The van der Waals surface area contributed by atoms with E-state index < -0.39 is 28.0 Å². The van der Waals surface area contributed by atoms with Crippen molar-refractivity contribution in [2.24, 2.45) is 0 Å². The minimum Gasteiger partial charge on any atom is -0.348 e. The van der Waals surface area contributed by atoms with E-state index in [2.05, 4.69) is 26.0 Å². The van der Waals surface area contributed by atoms with Crippen LogP contribution in [0, 0.1) is 5.82 Å². The molecule has 2 N–H and O–H groups in total. The van der Waals surface area contributed by atoms with Gasteiger partial charge in [-0.25, -0.2) is 12.8 Å². The molecule has 0 aliphatic rings. The fraction of sp³-hybridized carbons (Fsp3) is 0.174. The van der Waals surface area contributed by atoms with Gasteiger partial charge in [0.05, 0.1) is 10.9 Å². The lowest BCUT2D eigenvalue weighted by Gasteiger charge is -2.22. The molecule has 0 aliphatic carbocycles. The first-order valence-electron chi connectivity index (χ1n) is 9.62. The Bertz CT molecular complexity index is 1120. The van der Waals surface area contributed by atoms with Gasteiger partial charge in [0, 0.05) is 4.47 Å².